The Labute approximate surface area is 101 Å². The Kier molecular flexibility index (Phi) is 3.70. The number of hydrogen-bond acceptors (Lipinski definition) is 3. The lowest BCUT2D eigenvalue weighted by atomic mass is 10.1. The topological polar surface area (TPSA) is 41.5 Å². The first-order chi connectivity index (χ1) is 8.36. The van der Waals surface area contributed by atoms with Crippen LogP contribution in [-0.4, -0.2) is 6.54 Å². The highest BCUT2D eigenvalue weighted by molar-refractivity contribution is 5.98. The van der Waals surface area contributed by atoms with Crippen molar-refractivity contribution < 1.29 is 0 Å². The zero-order valence-electron chi connectivity index (χ0n) is 9.94. The van der Waals surface area contributed by atoms with Gasteiger partial charge in [-0.2, -0.15) is 0 Å². The molecule has 88 valence electrons. The van der Waals surface area contributed by atoms with Crippen LogP contribution in [0.15, 0.2) is 41.6 Å². The molecule has 0 radical (unpaired) electrons. The minimum Gasteiger partial charge on any atom is -0.383 e. The number of nitrogens with one attached hydrogen (secondary N) is 1. The van der Waals surface area contributed by atoms with Gasteiger partial charge in [0.25, 0.3) is 0 Å². The number of nitrogens with zero attached hydrogens (tertiary/aromatic N) is 1. The summed E-state index contributed by atoms with van der Waals surface area (Å²) >= 11 is 0. The van der Waals surface area contributed by atoms with Crippen molar-refractivity contribution in [2.45, 2.75) is 19.8 Å². The van der Waals surface area contributed by atoms with Gasteiger partial charge < -0.3 is 5.32 Å². The average Bonchev–Trinajstić information content (AvgIpc) is 2.38. The molecule has 2 rings (SSSR count). The lowest BCUT2D eigenvalue weighted by Gasteiger charge is -2.09. The largest absolute Gasteiger partial charge is 0.383 e. The highest BCUT2D eigenvalue weighted by Gasteiger charge is 2.07. The number of anilines is 1. The van der Waals surface area contributed by atoms with E-state index >= 15 is 0 Å². The van der Waals surface area contributed by atoms with E-state index < -0.39 is 0 Å². The molecule has 0 heterocycles. The Bertz CT molecular complexity index is 523. The van der Waals surface area contributed by atoms with Crippen LogP contribution in [0.1, 0.15) is 19.8 Å². The zero-order chi connectivity index (χ0) is 12.1. The molecule has 0 fully saturated rings. The molecule has 0 saturated heterocycles. The molecular weight excluding hydrogens is 212 g/mol. The monoisotopic (exact) mass is 228 g/mol. The van der Waals surface area contributed by atoms with E-state index in [9.17, 15) is 4.91 Å². The lowest BCUT2D eigenvalue weighted by molar-refractivity contribution is 0.834. The van der Waals surface area contributed by atoms with Gasteiger partial charge in [-0.1, -0.05) is 43.7 Å². The van der Waals surface area contributed by atoms with E-state index in [-0.39, 0.29) is 0 Å². The maximum Gasteiger partial charge on any atom is 0.138 e. The molecular formula is C14H16N2O. The quantitative estimate of drug-likeness (QED) is 0.606. The maximum atomic E-state index is 11.0. The molecule has 0 aliphatic carbocycles. The van der Waals surface area contributed by atoms with Crippen molar-refractivity contribution in [2.75, 3.05) is 11.9 Å². The van der Waals surface area contributed by atoms with Crippen molar-refractivity contribution in [1.82, 2.24) is 0 Å². The Morgan fingerprint density at radius 3 is 2.76 bits per heavy atom. The summed E-state index contributed by atoms with van der Waals surface area (Å²) in [6.45, 7) is 3.01. The standard InChI is InChI=1S/C14H16N2O/c1-2-3-10-15-13-9-8-11-6-4-5-7-12(11)14(13)16-17/h4-9,15H,2-3,10H2,1H3. The molecule has 2 aromatic rings. The van der Waals surface area contributed by atoms with Crippen molar-refractivity contribution in [3.8, 4) is 0 Å². The summed E-state index contributed by atoms with van der Waals surface area (Å²) < 4.78 is 0. The highest BCUT2D eigenvalue weighted by atomic mass is 16.3. The predicted molar refractivity (Wildman–Crippen MR) is 72.8 cm³/mol. The van der Waals surface area contributed by atoms with Crippen LogP contribution in [-0.2, 0) is 0 Å². The number of nitroso groups, excluding NO2 is 1. The second-order valence-corrected chi connectivity index (χ2v) is 4.05. The number of unbranched alkanes of at least 4 members (excludes halogenated alkanes) is 1. The van der Waals surface area contributed by atoms with Crippen LogP contribution >= 0.6 is 0 Å². The molecule has 0 spiro atoms. The number of fused-ring (bicyclic) bond motifs is 1. The molecule has 0 aliphatic rings. The van der Waals surface area contributed by atoms with Gasteiger partial charge in [0.15, 0.2) is 0 Å². The first kappa shape index (κ1) is 11.6. The maximum absolute atomic E-state index is 11.0. The van der Waals surface area contributed by atoms with Gasteiger partial charge in [0.2, 0.25) is 0 Å². The lowest BCUT2D eigenvalue weighted by Crippen LogP contribution is -2.00. The van der Waals surface area contributed by atoms with Crippen molar-refractivity contribution in [3.63, 3.8) is 0 Å². The summed E-state index contributed by atoms with van der Waals surface area (Å²) in [4.78, 5) is 11.0. The third-order valence-electron chi connectivity index (χ3n) is 2.84. The van der Waals surface area contributed by atoms with E-state index in [0.717, 1.165) is 35.8 Å². The number of benzene rings is 2. The average molecular weight is 228 g/mol. The molecule has 17 heavy (non-hydrogen) atoms. The van der Waals surface area contributed by atoms with Gasteiger partial charge >= 0.3 is 0 Å². The Morgan fingerprint density at radius 2 is 2.00 bits per heavy atom. The molecule has 0 amide bonds. The van der Waals surface area contributed by atoms with Crippen LogP contribution in [0.5, 0.6) is 0 Å². The third kappa shape index (κ3) is 2.44. The molecule has 2 aromatic carbocycles. The smallest absolute Gasteiger partial charge is 0.138 e. The minimum absolute atomic E-state index is 0.513. The summed E-state index contributed by atoms with van der Waals surface area (Å²) in [5.41, 5.74) is 1.34. The summed E-state index contributed by atoms with van der Waals surface area (Å²) in [7, 11) is 0. The van der Waals surface area contributed by atoms with E-state index in [4.69, 9.17) is 0 Å². The fourth-order valence-corrected chi connectivity index (χ4v) is 1.90. The fraction of sp³-hybridized carbons (Fsp3) is 0.286. The van der Waals surface area contributed by atoms with Gasteiger partial charge in [0.1, 0.15) is 5.69 Å². The molecule has 0 aliphatic heterocycles. The van der Waals surface area contributed by atoms with Crippen LogP contribution in [0.4, 0.5) is 11.4 Å². The van der Waals surface area contributed by atoms with Crippen LogP contribution < -0.4 is 5.32 Å². The first-order valence-corrected chi connectivity index (χ1v) is 5.95. The molecule has 0 atom stereocenters. The Hall–Kier alpha value is -1.90. The number of hydrogen-bond donors (Lipinski definition) is 1. The van der Waals surface area contributed by atoms with E-state index in [2.05, 4.69) is 17.4 Å². The second kappa shape index (κ2) is 5.43. The SMILES string of the molecule is CCCCNc1ccc2ccccc2c1N=O. The fourth-order valence-electron chi connectivity index (χ4n) is 1.90. The zero-order valence-corrected chi connectivity index (χ0v) is 9.94. The van der Waals surface area contributed by atoms with Gasteiger partial charge in [0, 0.05) is 11.9 Å². The molecule has 0 unspecified atom stereocenters. The summed E-state index contributed by atoms with van der Waals surface area (Å²) in [5.74, 6) is 0. The van der Waals surface area contributed by atoms with Gasteiger partial charge in [-0.3, -0.25) is 0 Å². The third-order valence-corrected chi connectivity index (χ3v) is 2.84. The molecule has 1 N–H and O–H groups in total. The summed E-state index contributed by atoms with van der Waals surface area (Å²) in [6.07, 6.45) is 2.22. The molecule has 0 aromatic heterocycles. The van der Waals surface area contributed by atoms with Crippen LogP contribution in [0.3, 0.4) is 0 Å². The summed E-state index contributed by atoms with van der Waals surface area (Å²) in [6, 6.07) is 11.7. The molecule has 3 nitrogen and oxygen atoms in total. The van der Waals surface area contributed by atoms with Gasteiger partial charge in [-0.05, 0) is 23.1 Å². The second-order valence-electron chi connectivity index (χ2n) is 4.05. The molecule has 3 heteroatoms. The predicted octanol–water partition coefficient (Wildman–Crippen LogP) is 4.45. The van der Waals surface area contributed by atoms with Crippen LogP contribution in [0, 0.1) is 4.91 Å². The van der Waals surface area contributed by atoms with E-state index in [1.165, 1.54) is 0 Å². The summed E-state index contributed by atoms with van der Waals surface area (Å²) in [5, 5.41) is 8.38. The van der Waals surface area contributed by atoms with Crippen molar-refractivity contribution in [1.29, 1.82) is 0 Å². The first-order valence-electron chi connectivity index (χ1n) is 5.95. The van der Waals surface area contributed by atoms with Crippen LogP contribution in [0.25, 0.3) is 10.8 Å². The van der Waals surface area contributed by atoms with Crippen molar-refractivity contribution in [3.05, 3.63) is 41.3 Å². The molecule has 0 bridgehead atoms. The minimum atomic E-state index is 0.513. The Balaban J connectivity index is 2.39. The van der Waals surface area contributed by atoms with Gasteiger partial charge in [-0.25, -0.2) is 0 Å². The highest BCUT2D eigenvalue weighted by Crippen LogP contribution is 2.33. The van der Waals surface area contributed by atoms with E-state index in [1.807, 2.05) is 36.4 Å². The molecule has 0 saturated carbocycles. The van der Waals surface area contributed by atoms with E-state index in [1.54, 1.807) is 0 Å². The normalized spacial score (nSPS) is 10.4. The van der Waals surface area contributed by atoms with Crippen molar-refractivity contribution >= 4 is 22.1 Å². The number of rotatable bonds is 5. The van der Waals surface area contributed by atoms with Crippen molar-refractivity contribution in [2.24, 2.45) is 5.18 Å². The van der Waals surface area contributed by atoms with E-state index in [0.29, 0.717) is 5.69 Å². The Morgan fingerprint density at radius 1 is 1.18 bits per heavy atom. The van der Waals surface area contributed by atoms with Gasteiger partial charge in [-0.15, -0.1) is 4.91 Å². The van der Waals surface area contributed by atoms with Crippen LogP contribution in [0.2, 0.25) is 0 Å². The van der Waals surface area contributed by atoms with Gasteiger partial charge in [0.05, 0.1) is 5.69 Å².